The van der Waals surface area contributed by atoms with Crippen molar-refractivity contribution in [2.45, 2.75) is 52.0 Å². The molecule has 1 atom stereocenters. The van der Waals surface area contributed by atoms with Gasteiger partial charge in [0.15, 0.2) is 0 Å². The quantitative estimate of drug-likeness (QED) is 0.772. The third-order valence-electron chi connectivity index (χ3n) is 4.10. The van der Waals surface area contributed by atoms with Gasteiger partial charge in [-0.3, -0.25) is 4.90 Å². The zero-order chi connectivity index (χ0) is 11.4. The van der Waals surface area contributed by atoms with E-state index in [4.69, 9.17) is 0 Å². The van der Waals surface area contributed by atoms with E-state index in [0.29, 0.717) is 0 Å². The minimum Gasteiger partial charge on any atom is -0.316 e. The molecule has 0 aromatic heterocycles. The summed E-state index contributed by atoms with van der Waals surface area (Å²) in [6.07, 6.45) is 7.21. The van der Waals surface area contributed by atoms with Crippen molar-refractivity contribution in [3.8, 4) is 0 Å². The fourth-order valence-electron chi connectivity index (χ4n) is 3.31. The van der Waals surface area contributed by atoms with Crippen LogP contribution in [-0.4, -0.2) is 37.1 Å². The topological polar surface area (TPSA) is 15.3 Å². The van der Waals surface area contributed by atoms with Gasteiger partial charge in [-0.05, 0) is 44.2 Å². The third kappa shape index (κ3) is 3.46. The molecule has 0 spiro atoms. The smallest absolute Gasteiger partial charge is 0.00954 e. The van der Waals surface area contributed by atoms with Gasteiger partial charge in [-0.15, -0.1) is 0 Å². The lowest BCUT2D eigenvalue weighted by molar-refractivity contribution is 0.154. The first kappa shape index (κ1) is 12.4. The minimum atomic E-state index is 0.815. The summed E-state index contributed by atoms with van der Waals surface area (Å²) in [4.78, 5) is 2.80. The molecule has 2 heteroatoms. The summed E-state index contributed by atoms with van der Waals surface area (Å²) >= 11 is 0. The zero-order valence-corrected chi connectivity index (χ0v) is 11.0. The third-order valence-corrected chi connectivity index (χ3v) is 4.10. The highest BCUT2D eigenvalue weighted by Gasteiger charge is 2.26. The molecule has 0 aromatic carbocycles. The largest absolute Gasteiger partial charge is 0.316 e. The first-order chi connectivity index (χ1) is 7.75. The van der Waals surface area contributed by atoms with Crippen molar-refractivity contribution < 1.29 is 0 Å². The van der Waals surface area contributed by atoms with Crippen LogP contribution in [0.2, 0.25) is 0 Å². The van der Waals surface area contributed by atoms with Gasteiger partial charge in [-0.25, -0.2) is 0 Å². The van der Waals surface area contributed by atoms with E-state index in [-0.39, 0.29) is 0 Å². The van der Waals surface area contributed by atoms with Gasteiger partial charge < -0.3 is 5.32 Å². The molecule has 1 saturated carbocycles. The van der Waals surface area contributed by atoms with E-state index in [1.807, 2.05) is 0 Å². The fraction of sp³-hybridized carbons (Fsp3) is 1.00. The molecule has 0 amide bonds. The molecule has 2 rings (SSSR count). The Morgan fingerprint density at radius 3 is 2.50 bits per heavy atom. The number of rotatable bonds is 5. The van der Waals surface area contributed by atoms with Crippen LogP contribution < -0.4 is 5.32 Å². The van der Waals surface area contributed by atoms with Crippen LogP contribution in [0.4, 0.5) is 0 Å². The van der Waals surface area contributed by atoms with E-state index in [2.05, 4.69) is 24.1 Å². The van der Waals surface area contributed by atoms with Crippen LogP contribution in [0.25, 0.3) is 0 Å². The molecule has 1 unspecified atom stereocenters. The molecule has 2 fully saturated rings. The average Bonchev–Trinajstić information content (AvgIpc) is 2.88. The summed E-state index contributed by atoms with van der Waals surface area (Å²) in [5, 5.41) is 3.49. The van der Waals surface area contributed by atoms with Gasteiger partial charge >= 0.3 is 0 Å². The van der Waals surface area contributed by atoms with Crippen LogP contribution in [0.15, 0.2) is 0 Å². The van der Waals surface area contributed by atoms with Crippen molar-refractivity contribution >= 4 is 0 Å². The van der Waals surface area contributed by atoms with Crippen LogP contribution >= 0.6 is 0 Å². The summed E-state index contributed by atoms with van der Waals surface area (Å²) in [7, 11) is 0. The van der Waals surface area contributed by atoms with Gasteiger partial charge in [0, 0.05) is 19.1 Å². The minimum absolute atomic E-state index is 0.815. The van der Waals surface area contributed by atoms with E-state index in [9.17, 15) is 0 Å². The highest BCUT2D eigenvalue weighted by Crippen LogP contribution is 2.25. The molecule has 1 aliphatic heterocycles. The predicted octanol–water partition coefficient (Wildman–Crippen LogP) is 2.50. The summed E-state index contributed by atoms with van der Waals surface area (Å²) in [6, 6.07) is 0.906. The summed E-state index contributed by atoms with van der Waals surface area (Å²) < 4.78 is 0. The second kappa shape index (κ2) is 6.02. The van der Waals surface area contributed by atoms with Crippen LogP contribution in [0, 0.1) is 11.8 Å². The number of hydrogen-bond acceptors (Lipinski definition) is 2. The first-order valence-electron chi connectivity index (χ1n) is 7.20. The van der Waals surface area contributed by atoms with E-state index >= 15 is 0 Å². The van der Waals surface area contributed by atoms with Gasteiger partial charge in [0.25, 0.3) is 0 Å². The van der Waals surface area contributed by atoms with E-state index < -0.39 is 0 Å². The van der Waals surface area contributed by atoms with Gasteiger partial charge in [0.05, 0.1) is 0 Å². The molecule has 1 aliphatic carbocycles. The molecule has 1 N–H and O–H groups in total. The van der Waals surface area contributed by atoms with E-state index in [1.54, 1.807) is 0 Å². The van der Waals surface area contributed by atoms with Crippen molar-refractivity contribution in [1.82, 2.24) is 10.2 Å². The van der Waals surface area contributed by atoms with Gasteiger partial charge in [-0.2, -0.15) is 0 Å². The Balaban J connectivity index is 1.85. The number of nitrogens with zero attached hydrogens (tertiary/aromatic N) is 1. The van der Waals surface area contributed by atoms with E-state index in [0.717, 1.165) is 17.9 Å². The SMILES string of the molecule is CC(C)CN(CC1CCNC1)C1CCCC1. The molecule has 94 valence electrons. The average molecular weight is 224 g/mol. The second-order valence-corrected chi connectivity index (χ2v) is 6.14. The molecular formula is C14H28N2. The van der Waals surface area contributed by atoms with Crippen LogP contribution in [0.5, 0.6) is 0 Å². The van der Waals surface area contributed by atoms with Crippen LogP contribution in [0.1, 0.15) is 46.0 Å². The zero-order valence-electron chi connectivity index (χ0n) is 11.0. The molecular weight excluding hydrogens is 196 g/mol. The van der Waals surface area contributed by atoms with Crippen molar-refractivity contribution in [1.29, 1.82) is 0 Å². The van der Waals surface area contributed by atoms with Crippen molar-refractivity contribution in [3.63, 3.8) is 0 Å². The molecule has 1 saturated heterocycles. The molecule has 0 aromatic rings. The standard InChI is InChI=1S/C14H28N2/c1-12(2)10-16(14-5-3-4-6-14)11-13-7-8-15-9-13/h12-15H,3-11H2,1-2H3. The Hall–Kier alpha value is -0.0800. The first-order valence-corrected chi connectivity index (χ1v) is 7.20. The van der Waals surface area contributed by atoms with Gasteiger partial charge in [0.2, 0.25) is 0 Å². The normalized spacial score (nSPS) is 27.4. The Kier molecular flexibility index (Phi) is 4.66. The second-order valence-electron chi connectivity index (χ2n) is 6.14. The van der Waals surface area contributed by atoms with Crippen molar-refractivity contribution in [2.24, 2.45) is 11.8 Å². The predicted molar refractivity (Wildman–Crippen MR) is 69.6 cm³/mol. The summed E-state index contributed by atoms with van der Waals surface area (Å²) in [6.45, 7) is 9.85. The maximum absolute atomic E-state index is 3.49. The Morgan fingerprint density at radius 2 is 1.94 bits per heavy atom. The highest BCUT2D eigenvalue weighted by atomic mass is 15.2. The molecule has 16 heavy (non-hydrogen) atoms. The fourth-order valence-corrected chi connectivity index (χ4v) is 3.31. The monoisotopic (exact) mass is 224 g/mol. The van der Waals surface area contributed by atoms with Gasteiger partial charge in [-0.1, -0.05) is 26.7 Å². The molecule has 1 heterocycles. The Bertz CT molecular complexity index is 191. The molecule has 0 bridgehead atoms. The summed E-state index contributed by atoms with van der Waals surface area (Å²) in [5.41, 5.74) is 0. The maximum Gasteiger partial charge on any atom is 0.00954 e. The lowest BCUT2D eigenvalue weighted by atomic mass is 10.0. The molecule has 0 radical (unpaired) electrons. The highest BCUT2D eigenvalue weighted by molar-refractivity contribution is 4.82. The lowest BCUT2D eigenvalue weighted by Gasteiger charge is -2.32. The van der Waals surface area contributed by atoms with Gasteiger partial charge in [0.1, 0.15) is 0 Å². The molecule has 2 nitrogen and oxygen atoms in total. The van der Waals surface area contributed by atoms with Crippen LogP contribution in [0.3, 0.4) is 0 Å². The number of nitrogens with one attached hydrogen (secondary N) is 1. The Labute approximate surface area is 101 Å². The summed E-state index contributed by atoms with van der Waals surface area (Å²) in [5.74, 6) is 1.73. The van der Waals surface area contributed by atoms with Crippen molar-refractivity contribution in [3.05, 3.63) is 0 Å². The van der Waals surface area contributed by atoms with Crippen molar-refractivity contribution in [2.75, 3.05) is 26.2 Å². The Morgan fingerprint density at radius 1 is 1.19 bits per heavy atom. The number of hydrogen-bond donors (Lipinski definition) is 1. The lowest BCUT2D eigenvalue weighted by Crippen LogP contribution is -2.40. The maximum atomic E-state index is 3.49. The molecule has 2 aliphatic rings. The van der Waals surface area contributed by atoms with E-state index in [1.165, 1.54) is 58.3 Å². The van der Waals surface area contributed by atoms with Crippen LogP contribution in [-0.2, 0) is 0 Å².